The number of rotatable bonds is 6. The fourth-order valence-corrected chi connectivity index (χ4v) is 4.18. The quantitative estimate of drug-likeness (QED) is 0.470. The Bertz CT molecular complexity index is 1160. The average Bonchev–Trinajstić information content (AvgIpc) is 3.46. The van der Waals surface area contributed by atoms with E-state index in [2.05, 4.69) is 60.6 Å². The third-order valence-electron chi connectivity index (χ3n) is 6.23. The molecule has 0 amide bonds. The zero-order chi connectivity index (χ0) is 21.9. The van der Waals surface area contributed by atoms with Crippen LogP contribution in [0.15, 0.2) is 61.6 Å². The summed E-state index contributed by atoms with van der Waals surface area (Å²) >= 11 is 0. The Labute approximate surface area is 188 Å². The van der Waals surface area contributed by atoms with Crippen molar-refractivity contribution < 1.29 is 0 Å². The van der Waals surface area contributed by atoms with Crippen molar-refractivity contribution in [1.29, 1.82) is 0 Å². The molecule has 0 spiro atoms. The topological polar surface area (TPSA) is 67.9 Å². The van der Waals surface area contributed by atoms with Gasteiger partial charge in [0.25, 0.3) is 0 Å². The predicted molar refractivity (Wildman–Crippen MR) is 124 cm³/mol. The maximum atomic E-state index is 4.71. The standard InChI is InChI=1S/C24H28N8/c1-19-22(15-28-29(19)2)17-30-11-13-32(14-12-30)24-23(26-7-8-27-24)21-5-3-20(4-6-21)16-31-10-9-25-18-31/h3-10,15,18H,11-14,16-17H2,1-2H3. The molecule has 32 heavy (non-hydrogen) atoms. The second kappa shape index (κ2) is 8.92. The zero-order valence-electron chi connectivity index (χ0n) is 18.6. The highest BCUT2D eigenvalue weighted by molar-refractivity contribution is 5.72. The molecule has 1 aliphatic heterocycles. The summed E-state index contributed by atoms with van der Waals surface area (Å²) in [5.41, 5.74) is 5.81. The van der Waals surface area contributed by atoms with Crippen LogP contribution >= 0.6 is 0 Å². The first-order chi connectivity index (χ1) is 15.7. The van der Waals surface area contributed by atoms with E-state index in [0.29, 0.717) is 0 Å². The van der Waals surface area contributed by atoms with Crippen molar-refractivity contribution >= 4 is 5.82 Å². The van der Waals surface area contributed by atoms with E-state index < -0.39 is 0 Å². The second-order valence-corrected chi connectivity index (χ2v) is 8.30. The van der Waals surface area contributed by atoms with Crippen LogP contribution in [0.4, 0.5) is 5.82 Å². The Morgan fingerprint density at radius 2 is 1.69 bits per heavy atom. The number of anilines is 1. The fourth-order valence-electron chi connectivity index (χ4n) is 4.18. The molecule has 8 nitrogen and oxygen atoms in total. The van der Waals surface area contributed by atoms with E-state index in [9.17, 15) is 0 Å². The van der Waals surface area contributed by atoms with Gasteiger partial charge < -0.3 is 9.47 Å². The van der Waals surface area contributed by atoms with Crippen molar-refractivity contribution in [2.45, 2.75) is 20.0 Å². The van der Waals surface area contributed by atoms with Gasteiger partial charge >= 0.3 is 0 Å². The number of hydrogen-bond donors (Lipinski definition) is 0. The highest BCUT2D eigenvalue weighted by Crippen LogP contribution is 2.28. The van der Waals surface area contributed by atoms with Crippen molar-refractivity contribution in [2.75, 3.05) is 31.1 Å². The third kappa shape index (κ3) is 4.27. The fraction of sp³-hybridized carbons (Fsp3) is 0.333. The molecule has 4 heterocycles. The molecule has 8 heteroatoms. The number of hydrogen-bond acceptors (Lipinski definition) is 6. The SMILES string of the molecule is Cc1c(CN2CCN(c3nccnc3-c3ccc(Cn4ccnc4)cc3)CC2)cnn1C. The molecule has 4 aromatic rings. The van der Waals surface area contributed by atoms with Gasteiger partial charge in [0.15, 0.2) is 5.82 Å². The van der Waals surface area contributed by atoms with Gasteiger partial charge in [0.2, 0.25) is 0 Å². The first-order valence-electron chi connectivity index (χ1n) is 11.0. The van der Waals surface area contributed by atoms with Crippen LogP contribution in [0, 0.1) is 6.92 Å². The van der Waals surface area contributed by atoms with Crippen LogP contribution in [0.25, 0.3) is 11.3 Å². The lowest BCUT2D eigenvalue weighted by molar-refractivity contribution is 0.249. The van der Waals surface area contributed by atoms with Gasteiger partial charge in [0, 0.05) is 87.9 Å². The molecular formula is C24H28N8. The minimum Gasteiger partial charge on any atom is -0.352 e. The first kappa shape index (κ1) is 20.4. The summed E-state index contributed by atoms with van der Waals surface area (Å²) in [7, 11) is 2.00. The van der Waals surface area contributed by atoms with Crippen LogP contribution in [0.1, 0.15) is 16.8 Å². The van der Waals surface area contributed by atoms with Crippen LogP contribution in [0.3, 0.4) is 0 Å². The largest absolute Gasteiger partial charge is 0.352 e. The maximum Gasteiger partial charge on any atom is 0.155 e. The van der Waals surface area contributed by atoms with Gasteiger partial charge in [-0.3, -0.25) is 14.6 Å². The Morgan fingerprint density at radius 3 is 2.38 bits per heavy atom. The van der Waals surface area contributed by atoms with E-state index in [1.165, 1.54) is 16.8 Å². The van der Waals surface area contributed by atoms with Gasteiger partial charge in [-0.25, -0.2) is 9.97 Å². The van der Waals surface area contributed by atoms with E-state index in [0.717, 1.165) is 56.3 Å². The van der Waals surface area contributed by atoms with E-state index >= 15 is 0 Å². The molecule has 1 aromatic carbocycles. The van der Waals surface area contributed by atoms with E-state index in [1.54, 1.807) is 18.6 Å². The first-order valence-corrected chi connectivity index (χ1v) is 11.0. The number of aryl methyl sites for hydroxylation is 1. The number of piperazine rings is 1. The van der Waals surface area contributed by atoms with Crippen LogP contribution in [-0.2, 0) is 20.1 Å². The summed E-state index contributed by atoms with van der Waals surface area (Å²) in [6.45, 7) is 7.74. The van der Waals surface area contributed by atoms with E-state index in [1.807, 2.05) is 30.5 Å². The van der Waals surface area contributed by atoms with Gasteiger partial charge in [0.1, 0.15) is 5.69 Å². The zero-order valence-corrected chi connectivity index (χ0v) is 18.6. The summed E-state index contributed by atoms with van der Waals surface area (Å²) < 4.78 is 4.01. The minimum atomic E-state index is 0.811. The van der Waals surface area contributed by atoms with Crippen molar-refractivity contribution in [3.63, 3.8) is 0 Å². The van der Waals surface area contributed by atoms with Gasteiger partial charge in [-0.15, -0.1) is 0 Å². The molecule has 0 bridgehead atoms. The molecule has 0 atom stereocenters. The highest BCUT2D eigenvalue weighted by Gasteiger charge is 2.22. The highest BCUT2D eigenvalue weighted by atomic mass is 15.3. The van der Waals surface area contributed by atoms with Crippen LogP contribution < -0.4 is 4.90 Å². The lowest BCUT2D eigenvalue weighted by Crippen LogP contribution is -2.46. The molecule has 0 saturated carbocycles. The summed E-state index contributed by atoms with van der Waals surface area (Å²) in [6.07, 6.45) is 11.2. The normalized spacial score (nSPS) is 14.8. The molecular weight excluding hydrogens is 400 g/mol. The molecule has 164 valence electrons. The number of benzene rings is 1. The lowest BCUT2D eigenvalue weighted by atomic mass is 10.1. The van der Waals surface area contributed by atoms with Crippen molar-refractivity contribution in [3.05, 3.63) is 78.4 Å². The number of nitrogens with zero attached hydrogens (tertiary/aromatic N) is 8. The molecule has 3 aromatic heterocycles. The predicted octanol–water partition coefficient (Wildman–Crippen LogP) is 2.75. The molecule has 1 saturated heterocycles. The Hall–Kier alpha value is -3.52. The second-order valence-electron chi connectivity index (χ2n) is 8.30. The van der Waals surface area contributed by atoms with E-state index in [4.69, 9.17) is 4.98 Å². The third-order valence-corrected chi connectivity index (χ3v) is 6.23. The van der Waals surface area contributed by atoms with Crippen molar-refractivity contribution in [3.8, 4) is 11.3 Å². The van der Waals surface area contributed by atoms with Gasteiger partial charge in [-0.2, -0.15) is 5.10 Å². The molecule has 0 radical (unpaired) electrons. The van der Waals surface area contributed by atoms with E-state index in [-0.39, 0.29) is 0 Å². The van der Waals surface area contributed by atoms with Crippen LogP contribution in [-0.4, -0.2) is 60.4 Å². The molecule has 0 N–H and O–H groups in total. The van der Waals surface area contributed by atoms with Crippen molar-refractivity contribution in [2.24, 2.45) is 7.05 Å². The maximum absolute atomic E-state index is 4.71. The molecule has 0 unspecified atom stereocenters. The van der Waals surface area contributed by atoms with Crippen LogP contribution in [0.2, 0.25) is 0 Å². The summed E-state index contributed by atoms with van der Waals surface area (Å²) in [5, 5.41) is 4.37. The molecule has 5 rings (SSSR count). The molecule has 1 fully saturated rings. The minimum absolute atomic E-state index is 0.811. The average molecular weight is 429 g/mol. The van der Waals surface area contributed by atoms with Gasteiger partial charge in [-0.05, 0) is 12.5 Å². The molecule has 1 aliphatic rings. The van der Waals surface area contributed by atoms with Crippen LogP contribution in [0.5, 0.6) is 0 Å². The summed E-state index contributed by atoms with van der Waals surface area (Å²) in [4.78, 5) is 18.3. The Morgan fingerprint density at radius 1 is 0.906 bits per heavy atom. The molecule has 0 aliphatic carbocycles. The summed E-state index contributed by atoms with van der Waals surface area (Å²) in [6, 6.07) is 8.59. The van der Waals surface area contributed by atoms with Gasteiger partial charge in [0.05, 0.1) is 12.5 Å². The Balaban J connectivity index is 1.27. The van der Waals surface area contributed by atoms with Crippen molar-refractivity contribution in [1.82, 2.24) is 34.2 Å². The number of aromatic nitrogens is 6. The van der Waals surface area contributed by atoms with Gasteiger partial charge in [-0.1, -0.05) is 24.3 Å². The monoisotopic (exact) mass is 428 g/mol. The lowest BCUT2D eigenvalue weighted by Gasteiger charge is -2.35. The Kier molecular flexibility index (Phi) is 5.68. The number of imidazole rings is 1. The summed E-state index contributed by atoms with van der Waals surface area (Å²) in [5.74, 6) is 0.965. The smallest absolute Gasteiger partial charge is 0.155 e.